The minimum atomic E-state index is -4.83. The molecule has 1 heterocycles. The Morgan fingerprint density at radius 3 is 1.95 bits per heavy atom. The number of hydrogen-bond acceptors (Lipinski definition) is 4. The van der Waals surface area contributed by atoms with E-state index in [0.717, 1.165) is 30.5 Å². The van der Waals surface area contributed by atoms with Gasteiger partial charge >= 0.3 is 12.3 Å². The molecule has 0 aliphatic carbocycles. The van der Waals surface area contributed by atoms with Gasteiger partial charge < -0.3 is 9.47 Å². The van der Waals surface area contributed by atoms with Crippen LogP contribution in [0.4, 0.5) is 39.5 Å². The van der Waals surface area contributed by atoms with E-state index in [4.69, 9.17) is 0 Å². The van der Waals surface area contributed by atoms with Gasteiger partial charge in [0.05, 0.1) is 17.9 Å². The Kier molecular flexibility index (Phi) is 8.78. The number of ether oxygens (including phenoxy) is 2. The predicted octanol–water partition coefficient (Wildman–Crippen LogP) is 8.90. The second kappa shape index (κ2) is 12.1. The third kappa shape index (κ3) is 7.20. The first-order valence-corrected chi connectivity index (χ1v) is 12.2. The van der Waals surface area contributed by atoms with Gasteiger partial charge in [0.15, 0.2) is 23.2 Å². The van der Waals surface area contributed by atoms with Gasteiger partial charge in [-0.1, -0.05) is 31.5 Å². The van der Waals surface area contributed by atoms with Gasteiger partial charge in [-0.05, 0) is 35.7 Å². The normalized spacial score (nSPS) is 12.1. The van der Waals surface area contributed by atoms with Gasteiger partial charge in [0, 0.05) is 35.7 Å². The second-order valence-electron chi connectivity index (χ2n) is 8.85. The van der Waals surface area contributed by atoms with Crippen LogP contribution in [0.15, 0.2) is 73.3 Å². The maximum absolute atomic E-state index is 14.9. The van der Waals surface area contributed by atoms with Crippen molar-refractivity contribution in [2.75, 3.05) is 0 Å². The Morgan fingerprint density at radius 2 is 1.38 bits per heavy atom. The minimum Gasteiger partial charge on any atom is -0.459 e. The molecule has 0 saturated carbocycles. The number of alkyl halides is 5. The third-order valence-electron chi connectivity index (χ3n) is 5.73. The fourth-order valence-corrected chi connectivity index (χ4v) is 3.82. The summed E-state index contributed by atoms with van der Waals surface area (Å²) in [7, 11) is 0. The molecule has 1 aromatic heterocycles. The highest BCUT2D eigenvalue weighted by atomic mass is 19.4. The molecule has 42 heavy (non-hydrogen) atoms. The molecule has 0 radical (unpaired) electrons. The van der Waals surface area contributed by atoms with E-state index in [0.29, 0.717) is 17.7 Å². The van der Waals surface area contributed by atoms with Crippen molar-refractivity contribution in [2.45, 2.75) is 32.1 Å². The van der Waals surface area contributed by atoms with Crippen molar-refractivity contribution in [1.82, 2.24) is 9.97 Å². The first-order chi connectivity index (χ1) is 19.8. The number of aryl methyl sites for hydroxylation is 1. The van der Waals surface area contributed by atoms with Crippen LogP contribution in [0.3, 0.4) is 0 Å². The van der Waals surface area contributed by atoms with Gasteiger partial charge in [0.2, 0.25) is 0 Å². The Hall–Kier alpha value is -4.55. The molecule has 0 spiro atoms. The number of allylic oxidation sites excluding steroid dienone is 1. The molecule has 0 atom stereocenters. The zero-order chi connectivity index (χ0) is 30.7. The van der Waals surface area contributed by atoms with Crippen LogP contribution < -0.4 is 9.47 Å². The van der Waals surface area contributed by atoms with Crippen LogP contribution in [-0.2, 0) is 12.5 Å². The SMILES string of the molecule is CCCc1cnc(-c2ccc(-c3ccc(C(F)(F)Oc4cc(F)c(O/C=C/C(F)(F)F)c(F)c4)c(F)c3)c(F)c2)nc1. The van der Waals surface area contributed by atoms with E-state index in [9.17, 15) is 39.5 Å². The van der Waals surface area contributed by atoms with Crippen LogP contribution in [0, 0.1) is 23.3 Å². The molecule has 4 aromatic rings. The molecule has 0 amide bonds. The lowest BCUT2D eigenvalue weighted by molar-refractivity contribution is -0.187. The zero-order valence-electron chi connectivity index (χ0n) is 21.5. The summed E-state index contributed by atoms with van der Waals surface area (Å²) in [5.74, 6) is -7.82. The number of halogens is 9. The fraction of sp³-hybridized carbons (Fsp3) is 0.172. The van der Waals surface area contributed by atoms with Crippen LogP contribution in [0.25, 0.3) is 22.5 Å². The van der Waals surface area contributed by atoms with Gasteiger partial charge in [-0.3, -0.25) is 0 Å². The van der Waals surface area contributed by atoms with Gasteiger partial charge in [-0.2, -0.15) is 22.0 Å². The summed E-state index contributed by atoms with van der Waals surface area (Å²) in [6, 6.07) is 6.57. The molecule has 0 fully saturated rings. The lowest BCUT2D eigenvalue weighted by atomic mass is 10.0. The summed E-state index contributed by atoms with van der Waals surface area (Å²) in [5, 5.41) is 0. The molecule has 0 unspecified atom stereocenters. The molecule has 0 aliphatic rings. The molecule has 0 bridgehead atoms. The van der Waals surface area contributed by atoms with Crippen LogP contribution in [-0.4, -0.2) is 16.1 Å². The lowest BCUT2D eigenvalue weighted by Gasteiger charge is -2.20. The monoisotopic (exact) mass is 598 g/mol. The topological polar surface area (TPSA) is 44.2 Å². The van der Waals surface area contributed by atoms with E-state index in [1.165, 1.54) is 12.1 Å². The molecule has 4 rings (SSSR count). The Bertz CT molecular complexity index is 1580. The fourth-order valence-electron chi connectivity index (χ4n) is 3.82. The number of hydrogen-bond donors (Lipinski definition) is 0. The Morgan fingerprint density at radius 1 is 0.762 bits per heavy atom. The van der Waals surface area contributed by atoms with Crippen molar-refractivity contribution in [3.63, 3.8) is 0 Å². The molecule has 13 heteroatoms. The van der Waals surface area contributed by atoms with Crippen LogP contribution in [0.1, 0.15) is 24.5 Å². The quantitative estimate of drug-likeness (QED) is 0.143. The Labute approximate surface area is 233 Å². The average Bonchev–Trinajstić information content (AvgIpc) is 2.90. The van der Waals surface area contributed by atoms with Crippen molar-refractivity contribution < 1.29 is 49.0 Å². The number of benzene rings is 3. The van der Waals surface area contributed by atoms with Gasteiger partial charge in [0.25, 0.3) is 0 Å². The van der Waals surface area contributed by atoms with Crippen molar-refractivity contribution in [3.05, 3.63) is 108 Å². The van der Waals surface area contributed by atoms with E-state index in [-0.39, 0.29) is 35.3 Å². The number of aromatic nitrogens is 2. The molecular formula is C29H19F9N2O2. The summed E-state index contributed by atoms with van der Waals surface area (Å²) in [6.07, 6.45) is -4.87. The highest BCUT2D eigenvalue weighted by Gasteiger charge is 2.38. The molecular weight excluding hydrogens is 579 g/mol. The van der Waals surface area contributed by atoms with E-state index >= 15 is 0 Å². The van der Waals surface area contributed by atoms with Gasteiger partial charge in [-0.25, -0.2) is 27.5 Å². The summed E-state index contributed by atoms with van der Waals surface area (Å²) in [4.78, 5) is 8.41. The molecule has 4 nitrogen and oxygen atoms in total. The van der Waals surface area contributed by atoms with Crippen molar-refractivity contribution in [1.29, 1.82) is 0 Å². The molecule has 0 saturated heterocycles. The second-order valence-corrected chi connectivity index (χ2v) is 8.85. The van der Waals surface area contributed by atoms with Gasteiger partial charge in [-0.15, -0.1) is 0 Å². The number of rotatable bonds is 9. The molecule has 0 N–H and O–H groups in total. The first-order valence-electron chi connectivity index (χ1n) is 12.2. The summed E-state index contributed by atoms with van der Waals surface area (Å²) in [5.41, 5.74) is -0.300. The molecule has 0 aliphatic heterocycles. The summed E-state index contributed by atoms with van der Waals surface area (Å²) >= 11 is 0. The highest BCUT2D eigenvalue weighted by molar-refractivity contribution is 5.69. The van der Waals surface area contributed by atoms with E-state index in [1.807, 2.05) is 6.92 Å². The van der Waals surface area contributed by atoms with Crippen LogP contribution in [0.5, 0.6) is 11.5 Å². The Balaban J connectivity index is 1.53. The maximum atomic E-state index is 14.9. The maximum Gasteiger partial charge on any atom is 0.429 e. The van der Waals surface area contributed by atoms with Crippen molar-refractivity contribution in [3.8, 4) is 34.0 Å². The third-order valence-corrected chi connectivity index (χ3v) is 5.73. The summed E-state index contributed by atoms with van der Waals surface area (Å²) < 4.78 is 133. The van der Waals surface area contributed by atoms with E-state index in [1.54, 1.807) is 12.4 Å². The zero-order valence-corrected chi connectivity index (χ0v) is 21.5. The van der Waals surface area contributed by atoms with Crippen molar-refractivity contribution in [2.24, 2.45) is 0 Å². The molecule has 220 valence electrons. The largest absolute Gasteiger partial charge is 0.459 e. The van der Waals surface area contributed by atoms with Crippen LogP contribution >= 0.6 is 0 Å². The molecule has 3 aromatic carbocycles. The predicted molar refractivity (Wildman–Crippen MR) is 134 cm³/mol. The lowest BCUT2D eigenvalue weighted by Crippen LogP contribution is -2.23. The van der Waals surface area contributed by atoms with Crippen molar-refractivity contribution >= 4 is 0 Å². The standard InChI is InChI=1S/C29H19F9N2O2/c1-2-3-16-14-39-27(40-15-16)18-4-6-20(22(30)11-18)17-5-7-21(23(31)10-17)29(37,38)42-19-12-24(32)26(25(33)13-19)41-9-8-28(34,35)36/h4-15H,2-3H2,1H3/b9-8+. The average molecular weight is 598 g/mol. The summed E-state index contributed by atoms with van der Waals surface area (Å²) in [6.45, 7) is 2.00. The number of nitrogens with zero attached hydrogens (tertiary/aromatic N) is 2. The van der Waals surface area contributed by atoms with Gasteiger partial charge in [0.1, 0.15) is 17.4 Å². The van der Waals surface area contributed by atoms with Crippen LogP contribution in [0.2, 0.25) is 0 Å². The van der Waals surface area contributed by atoms with E-state index in [2.05, 4.69) is 19.4 Å². The minimum absolute atomic E-state index is 0.0393. The first kappa shape index (κ1) is 30.4. The highest BCUT2D eigenvalue weighted by Crippen LogP contribution is 2.37. The smallest absolute Gasteiger partial charge is 0.429 e. The van der Waals surface area contributed by atoms with E-state index < -0.39 is 58.7 Å².